The van der Waals surface area contributed by atoms with E-state index in [2.05, 4.69) is 5.32 Å². The molecule has 0 aliphatic carbocycles. The lowest BCUT2D eigenvalue weighted by molar-refractivity contribution is -0.133. The molecule has 2 N–H and O–H groups in total. The maximum atomic E-state index is 11.8. The van der Waals surface area contributed by atoms with Gasteiger partial charge < -0.3 is 10.4 Å². The molecule has 0 heterocycles. The van der Waals surface area contributed by atoms with Crippen LogP contribution in [0.4, 0.5) is 5.69 Å². The number of carbonyl (C=O) groups is 2. The van der Waals surface area contributed by atoms with E-state index in [1.165, 1.54) is 13.8 Å². The van der Waals surface area contributed by atoms with Crippen molar-refractivity contribution in [2.45, 2.75) is 18.7 Å². The Morgan fingerprint density at radius 3 is 2.44 bits per heavy atom. The largest absolute Gasteiger partial charge is 0.478 e. The molecule has 0 bridgehead atoms. The molecule has 0 spiro atoms. The SMILES string of the molecule is CSc1cccc(NC(=O)C(C)=C(C)C(=O)O)c1. The van der Waals surface area contributed by atoms with Crippen LogP contribution in [-0.4, -0.2) is 23.2 Å². The van der Waals surface area contributed by atoms with Gasteiger partial charge in [-0.3, -0.25) is 4.79 Å². The zero-order valence-corrected chi connectivity index (χ0v) is 11.3. The van der Waals surface area contributed by atoms with Gasteiger partial charge in [-0.1, -0.05) is 6.07 Å². The van der Waals surface area contributed by atoms with Gasteiger partial charge in [0.15, 0.2) is 0 Å². The van der Waals surface area contributed by atoms with Crippen molar-refractivity contribution in [2.24, 2.45) is 0 Å². The summed E-state index contributed by atoms with van der Waals surface area (Å²) >= 11 is 1.57. The van der Waals surface area contributed by atoms with Crippen LogP contribution < -0.4 is 5.32 Å². The minimum absolute atomic E-state index is 0.0496. The van der Waals surface area contributed by atoms with E-state index < -0.39 is 11.9 Å². The Morgan fingerprint density at radius 2 is 1.89 bits per heavy atom. The Bertz CT molecular complexity index is 509. The Hall–Kier alpha value is -1.75. The third kappa shape index (κ3) is 3.63. The van der Waals surface area contributed by atoms with E-state index in [4.69, 9.17) is 5.11 Å². The van der Waals surface area contributed by atoms with E-state index >= 15 is 0 Å². The van der Waals surface area contributed by atoms with Gasteiger partial charge in [-0.2, -0.15) is 0 Å². The minimum atomic E-state index is -1.08. The fraction of sp³-hybridized carbons (Fsp3) is 0.231. The Morgan fingerprint density at radius 1 is 1.22 bits per heavy atom. The van der Waals surface area contributed by atoms with Crippen LogP contribution in [0.25, 0.3) is 0 Å². The number of thioether (sulfide) groups is 1. The molecule has 96 valence electrons. The van der Waals surface area contributed by atoms with Crippen LogP contribution in [0, 0.1) is 0 Å². The summed E-state index contributed by atoms with van der Waals surface area (Å²) in [6.07, 6.45) is 1.95. The van der Waals surface area contributed by atoms with Gasteiger partial charge in [0.05, 0.1) is 0 Å². The van der Waals surface area contributed by atoms with Crippen LogP contribution in [0.15, 0.2) is 40.3 Å². The number of carboxylic acid groups (broad SMARTS) is 1. The average Bonchev–Trinajstić information content (AvgIpc) is 2.36. The molecule has 0 radical (unpaired) electrons. The van der Waals surface area contributed by atoms with E-state index in [0.29, 0.717) is 5.69 Å². The standard InChI is InChI=1S/C13H15NO3S/c1-8(9(2)13(16)17)12(15)14-10-5-4-6-11(7-10)18-3/h4-7H,1-3H3,(H,14,15)(H,16,17). The summed E-state index contributed by atoms with van der Waals surface area (Å²) in [6, 6.07) is 7.38. The van der Waals surface area contributed by atoms with Gasteiger partial charge >= 0.3 is 5.97 Å². The topological polar surface area (TPSA) is 66.4 Å². The molecule has 0 saturated heterocycles. The van der Waals surface area contributed by atoms with E-state index in [1.807, 2.05) is 24.5 Å². The minimum Gasteiger partial charge on any atom is -0.478 e. The monoisotopic (exact) mass is 265 g/mol. The number of nitrogens with one attached hydrogen (secondary N) is 1. The Balaban J connectivity index is 2.88. The Labute approximate surface area is 110 Å². The highest BCUT2D eigenvalue weighted by Gasteiger charge is 2.12. The molecule has 4 nitrogen and oxygen atoms in total. The maximum absolute atomic E-state index is 11.8. The first-order valence-corrected chi connectivity index (χ1v) is 6.54. The summed E-state index contributed by atoms with van der Waals surface area (Å²) in [6.45, 7) is 2.91. The molecule has 0 unspecified atom stereocenters. The number of hydrogen-bond acceptors (Lipinski definition) is 3. The first-order valence-electron chi connectivity index (χ1n) is 5.32. The molecule has 1 aromatic carbocycles. The van der Waals surface area contributed by atoms with Crippen molar-refractivity contribution >= 4 is 29.3 Å². The average molecular weight is 265 g/mol. The highest BCUT2D eigenvalue weighted by atomic mass is 32.2. The first-order chi connectivity index (χ1) is 8.45. The predicted octanol–water partition coefficient (Wildman–Crippen LogP) is 2.77. The molecular formula is C13H15NO3S. The van der Waals surface area contributed by atoms with Gasteiger partial charge in [-0.25, -0.2) is 4.79 Å². The van der Waals surface area contributed by atoms with Crippen LogP contribution in [0.1, 0.15) is 13.8 Å². The lowest BCUT2D eigenvalue weighted by Gasteiger charge is -2.08. The van der Waals surface area contributed by atoms with Crippen LogP contribution in [-0.2, 0) is 9.59 Å². The van der Waals surface area contributed by atoms with Crippen molar-refractivity contribution in [1.29, 1.82) is 0 Å². The maximum Gasteiger partial charge on any atom is 0.331 e. The predicted molar refractivity (Wildman–Crippen MR) is 72.9 cm³/mol. The van der Waals surface area contributed by atoms with Gasteiger partial charge in [0.2, 0.25) is 0 Å². The third-order valence-electron chi connectivity index (χ3n) is 2.55. The number of aliphatic carboxylic acids is 1. The molecular weight excluding hydrogens is 250 g/mol. The smallest absolute Gasteiger partial charge is 0.331 e. The molecule has 1 aromatic rings. The lowest BCUT2D eigenvalue weighted by Crippen LogP contribution is -2.16. The van der Waals surface area contributed by atoms with E-state index in [1.54, 1.807) is 17.8 Å². The van der Waals surface area contributed by atoms with Gasteiger partial charge in [-0.05, 0) is 38.3 Å². The molecule has 18 heavy (non-hydrogen) atoms. The van der Waals surface area contributed by atoms with Crippen LogP contribution in [0.3, 0.4) is 0 Å². The highest BCUT2D eigenvalue weighted by Crippen LogP contribution is 2.19. The summed E-state index contributed by atoms with van der Waals surface area (Å²) in [5.41, 5.74) is 0.912. The fourth-order valence-electron chi connectivity index (χ4n) is 1.26. The van der Waals surface area contributed by atoms with Crippen LogP contribution >= 0.6 is 11.8 Å². The van der Waals surface area contributed by atoms with Crippen molar-refractivity contribution in [3.8, 4) is 0 Å². The zero-order chi connectivity index (χ0) is 13.7. The van der Waals surface area contributed by atoms with Crippen molar-refractivity contribution < 1.29 is 14.7 Å². The summed E-state index contributed by atoms with van der Waals surface area (Å²) < 4.78 is 0. The molecule has 0 atom stereocenters. The van der Waals surface area contributed by atoms with Crippen molar-refractivity contribution in [3.05, 3.63) is 35.4 Å². The van der Waals surface area contributed by atoms with Crippen molar-refractivity contribution in [3.63, 3.8) is 0 Å². The number of rotatable bonds is 4. The summed E-state index contributed by atoms with van der Waals surface area (Å²) in [7, 11) is 0. The second kappa shape index (κ2) is 6.26. The molecule has 0 aliphatic heterocycles. The third-order valence-corrected chi connectivity index (χ3v) is 3.28. The summed E-state index contributed by atoms with van der Waals surface area (Å²) in [5.74, 6) is -1.48. The first kappa shape index (κ1) is 14.3. The van der Waals surface area contributed by atoms with Crippen molar-refractivity contribution in [1.82, 2.24) is 0 Å². The summed E-state index contributed by atoms with van der Waals surface area (Å²) in [4.78, 5) is 23.6. The van der Waals surface area contributed by atoms with Crippen LogP contribution in [0.5, 0.6) is 0 Å². The molecule has 1 rings (SSSR count). The van der Waals surface area contributed by atoms with E-state index in [-0.39, 0.29) is 11.1 Å². The number of carboxylic acids is 1. The fourth-order valence-corrected chi connectivity index (χ4v) is 1.72. The second-order valence-electron chi connectivity index (χ2n) is 3.74. The number of amides is 1. The highest BCUT2D eigenvalue weighted by molar-refractivity contribution is 7.98. The van der Waals surface area contributed by atoms with Crippen molar-refractivity contribution in [2.75, 3.05) is 11.6 Å². The van der Waals surface area contributed by atoms with E-state index in [0.717, 1.165) is 4.90 Å². The molecule has 0 saturated carbocycles. The summed E-state index contributed by atoms with van der Waals surface area (Å²) in [5, 5.41) is 11.5. The molecule has 1 amide bonds. The number of carbonyl (C=O) groups excluding carboxylic acids is 1. The lowest BCUT2D eigenvalue weighted by atomic mass is 10.1. The number of benzene rings is 1. The number of anilines is 1. The van der Waals surface area contributed by atoms with Gasteiger partial charge in [0.25, 0.3) is 5.91 Å². The molecule has 0 aromatic heterocycles. The molecule has 0 fully saturated rings. The molecule has 0 aliphatic rings. The number of hydrogen-bond donors (Lipinski definition) is 2. The zero-order valence-electron chi connectivity index (χ0n) is 10.5. The Kier molecular flexibility index (Phi) is 4.97. The van der Waals surface area contributed by atoms with E-state index in [9.17, 15) is 9.59 Å². The normalized spacial score (nSPS) is 11.7. The van der Waals surface area contributed by atoms with Gasteiger partial charge in [-0.15, -0.1) is 11.8 Å². The molecule has 5 heteroatoms. The quantitative estimate of drug-likeness (QED) is 0.649. The van der Waals surface area contributed by atoms with Gasteiger partial charge in [0, 0.05) is 21.7 Å². The van der Waals surface area contributed by atoms with Gasteiger partial charge in [0.1, 0.15) is 0 Å². The van der Waals surface area contributed by atoms with Crippen LogP contribution in [0.2, 0.25) is 0 Å². The second-order valence-corrected chi connectivity index (χ2v) is 4.62.